The number of aliphatic hydroxyl groups is 2. The fourth-order valence-electron chi connectivity index (χ4n) is 10.4. The van der Waals surface area contributed by atoms with Gasteiger partial charge in [-0.2, -0.15) is 5.10 Å². The molecule has 2 fully saturated rings. The number of likely N-dealkylation sites (N-methyl/N-ethyl adjacent to an activating group) is 2. The predicted molar refractivity (Wildman–Crippen MR) is 307 cm³/mol. The van der Waals surface area contributed by atoms with Crippen LogP contribution >= 0.6 is 0 Å². The first-order chi connectivity index (χ1) is 38.5. The number of hydrogen-bond donors (Lipinski definition) is 6. The number of amides is 1. The van der Waals surface area contributed by atoms with Crippen LogP contribution in [0.5, 0.6) is 23.0 Å². The Morgan fingerprint density at radius 1 is 0.815 bits per heavy atom. The molecule has 4 aromatic rings. The Morgan fingerprint density at radius 2 is 1.43 bits per heavy atom. The number of ketones is 2. The van der Waals surface area contributed by atoms with Crippen LogP contribution in [0.4, 0.5) is 5.69 Å². The zero-order valence-electron chi connectivity index (χ0n) is 47.8. The van der Waals surface area contributed by atoms with Crippen LogP contribution in [-0.2, 0) is 28.6 Å². The van der Waals surface area contributed by atoms with Gasteiger partial charge in [-0.15, -0.1) is 0 Å². The lowest BCUT2D eigenvalue weighted by Gasteiger charge is -2.38. The lowest BCUT2D eigenvalue weighted by atomic mass is 9.78. The molecule has 20 nitrogen and oxygen atoms in total. The highest BCUT2D eigenvalue weighted by molar-refractivity contribution is 6.24. The summed E-state index contributed by atoms with van der Waals surface area (Å²) in [5.74, 6) is -8.26. The first-order valence-corrected chi connectivity index (χ1v) is 27.0. The summed E-state index contributed by atoms with van der Waals surface area (Å²) in [7, 11) is 5.43. The van der Waals surface area contributed by atoms with Crippen LogP contribution in [0, 0.1) is 30.6 Å². The minimum Gasteiger partial charge on any atom is -0.507 e. The van der Waals surface area contributed by atoms with E-state index >= 15 is 0 Å². The molecule has 2 aromatic carbocycles. The molecule has 2 aromatic heterocycles. The topological polar surface area (TPSA) is 266 Å². The van der Waals surface area contributed by atoms with Gasteiger partial charge in [-0.1, -0.05) is 58.1 Å². The number of aromatic hydroxyl groups is 3. The van der Waals surface area contributed by atoms with Crippen molar-refractivity contribution in [3.8, 4) is 23.0 Å². The Labute approximate surface area is 472 Å². The summed E-state index contributed by atoms with van der Waals surface area (Å²) in [5.41, 5.74) is 2.78. The van der Waals surface area contributed by atoms with Gasteiger partial charge in [0, 0.05) is 124 Å². The number of aromatic nitrogens is 2. The van der Waals surface area contributed by atoms with Crippen molar-refractivity contribution in [1.29, 1.82) is 0 Å². The number of allylic oxidation sites excluding steroid dienone is 2. The number of hydrogen-bond acceptors (Lipinski definition) is 19. The average molecular weight is 1110 g/mol. The molecule has 432 valence electrons. The number of rotatable bonds is 6. The van der Waals surface area contributed by atoms with Gasteiger partial charge < -0.3 is 54.7 Å². The number of hydrazone groups is 1. The third-order valence-electron chi connectivity index (χ3n) is 15.3. The highest BCUT2D eigenvalue weighted by Gasteiger charge is 2.50. The number of Topliss-reactive ketones (excluding diaryl/α,β-unsaturated/α-hetero) is 2. The number of anilines is 1. The Bertz CT molecular complexity index is 3110. The van der Waals surface area contributed by atoms with Gasteiger partial charge in [-0.25, -0.2) is 0 Å². The first-order valence-electron chi connectivity index (χ1n) is 27.0. The number of pyridine rings is 2. The molecular formula is C61H75N7O13. The summed E-state index contributed by atoms with van der Waals surface area (Å²) in [5, 5.41) is 66.8. The zero-order valence-corrected chi connectivity index (χ0v) is 47.8. The zero-order chi connectivity index (χ0) is 59.0. The van der Waals surface area contributed by atoms with Crippen LogP contribution in [0.25, 0.3) is 22.9 Å². The van der Waals surface area contributed by atoms with E-state index in [0.29, 0.717) is 26.2 Å². The lowest BCUT2D eigenvalue weighted by molar-refractivity contribution is -0.160. The summed E-state index contributed by atoms with van der Waals surface area (Å²) in [4.78, 5) is 65.9. The molecule has 20 heteroatoms. The highest BCUT2D eigenvalue weighted by atomic mass is 16.7. The van der Waals surface area contributed by atoms with E-state index in [0.717, 1.165) is 35.6 Å². The monoisotopic (exact) mass is 1110 g/mol. The second kappa shape index (κ2) is 26.2. The molecule has 0 spiro atoms. The summed E-state index contributed by atoms with van der Waals surface area (Å²) in [6.45, 7) is 16.4. The van der Waals surface area contributed by atoms with E-state index in [1.165, 1.54) is 59.4 Å². The van der Waals surface area contributed by atoms with E-state index in [1.54, 1.807) is 57.2 Å². The van der Waals surface area contributed by atoms with E-state index in [2.05, 4.69) is 30.2 Å². The van der Waals surface area contributed by atoms with Crippen molar-refractivity contribution < 1.29 is 63.7 Å². The average Bonchev–Trinajstić information content (AvgIpc) is 2.32. The Hall–Kier alpha value is -7.75. The van der Waals surface area contributed by atoms with Gasteiger partial charge in [0.05, 0.1) is 64.4 Å². The SMILES string of the molecule is CN1C/C(=C\c2ccccn2)C(=O)/C(=C/c2ccccn2)C1.CO[C@H]1/C=C/O[C@@]2(C)Oc3c(C)c(O)c4c(O)c(c(/C=N/N5CCN(C)CC5)c(O)c4c3C2=O)NC(=O)/C(C)=C\C=C\[C@H](C)[C@H](O)[C@@H](C)[C@@H](O)[C@@H](C)[C@H](OC(C)=O)[C@@H]1C. The number of methoxy groups -OCH3 is 1. The predicted octanol–water partition coefficient (Wildman–Crippen LogP) is 6.79. The Kier molecular flexibility index (Phi) is 19.7. The van der Waals surface area contributed by atoms with E-state index in [4.69, 9.17) is 18.9 Å². The van der Waals surface area contributed by atoms with Crippen molar-refractivity contribution in [2.45, 2.75) is 85.6 Å². The number of carbonyl (C=O) groups is 4. The van der Waals surface area contributed by atoms with Gasteiger partial charge in [0.2, 0.25) is 0 Å². The molecule has 0 aliphatic carbocycles. The quantitative estimate of drug-likeness (QED) is 0.0381. The maximum atomic E-state index is 14.4. The molecule has 5 aliphatic heterocycles. The smallest absolute Gasteiger partial charge is 0.312 e. The number of ether oxygens (including phenoxy) is 4. The third kappa shape index (κ3) is 13.7. The highest BCUT2D eigenvalue weighted by Crippen LogP contribution is 2.55. The minimum atomic E-state index is -2.04. The van der Waals surface area contributed by atoms with E-state index in [9.17, 15) is 44.7 Å². The second-order valence-corrected chi connectivity index (χ2v) is 21.5. The van der Waals surface area contributed by atoms with Gasteiger partial charge in [-0.3, -0.25) is 39.1 Å². The maximum Gasteiger partial charge on any atom is 0.312 e. The van der Waals surface area contributed by atoms with Crippen LogP contribution < -0.4 is 10.1 Å². The standard InChI is InChI=1S/C43H58N4O12.C18H17N3O/c1-21-12-11-13-22(2)42(55)45-33-28(20-44-47-17-15-46(9)16-18-47)37(52)30-31(38(33)53)36(51)26(6)40-32(30)41(54)43(8,59-40)57-19-14-29(56-10)23(3)39(58-27(7)48)25(5)35(50)24(4)34(21)49;1-21-12-14(10-16-6-2-4-8-19-16)18(22)15(13-21)11-17-7-3-5-9-20-17/h11-14,19-21,23-25,29,34-35,39,49-53H,15-18H2,1-10H3,(H,45,55);2-11H,12-13H2,1H3/b12-11+,19-14+,22-13-,44-20+;14-10+,15-11+/t21-,23+,24+,25+,29-,34-,35+,39+,43-;/m0./s1. The number of aliphatic hydroxyl groups excluding tert-OH is 2. The summed E-state index contributed by atoms with van der Waals surface area (Å²) in [6, 6.07) is 11.4. The van der Waals surface area contributed by atoms with Gasteiger partial charge in [-0.05, 0) is 70.4 Å². The number of likely N-dealkylation sites (tertiary alicyclic amines) is 1. The second-order valence-electron chi connectivity index (χ2n) is 21.5. The number of fused-ring (bicyclic) bond motifs is 14. The summed E-state index contributed by atoms with van der Waals surface area (Å²) >= 11 is 0. The fraction of sp³-hybridized carbons (Fsp3) is 0.426. The molecule has 2 saturated heterocycles. The third-order valence-corrected chi connectivity index (χ3v) is 15.3. The molecule has 6 N–H and O–H groups in total. The maximum absolute atomic E-state index is 14.4. The number of benzene rings is 2. The number of carbonyl (C=O) groups excluding carboxylic acids is 4. The summed E-state index contributed by atoms with van der Waals surface area (Å²) < 4.78 is 23.6. The molecular weight excluding hydrogens is 1040 g/mol. The van der Waals surface area contributed by atoms with Crippen molar-refractivity contribution in [2.75, 3.05) is 65.8 Å². The molecule has 5 aliphatic rings. The molecule has 9 atom stereocenters. The number of phenolic OH excluding ortho intramolecular Hbond substituents is 3. The number of phenols is 3. The molecule has 1 amide bonds. The van der Waals surface area contributed by atoms with Crippen molar-refractivity contribution in [1.82, 2.24) is 24.8 Å². The number of piperidine rings is 1. The van der Waals surface area contributed by atoms with E-state index in [1.807, 2.05) is 62.6 Å². The number of esters is 1. The molecule has 9 rings (SSSR count). The number of piperazine rings is 1. The largest absolute Gasteiger partial charge is 0.507 e. The van der Waals surface area contributed by atoms with Crippen LogP contribution in [0.2, 0.25) is 0 Å². The number of nitrogens with zero attached hydrogens (tertiary/aromatic N) is 6. The molecule has 0 unspecified atom stereocenters. The number of nitrogens with one attached hydrogen (secondary N) is 1. The Morgan fingerprint density at radius 3 is 2.00 bits per heavy atom. The first kappa shape index (κ1) is 60.9. The van der Waals surface area contributed by atoms with Gasteiger partial charge in [0.1, 0.15) is 23.4 Å². The van der Waals surface area contributed by atoms with Crippen molar-refractivity contribution in [2.24, 2.45) is 28.8 Å². The van der Waals surface area contributed by atoms with Crippen LogP contribution in [0.3, 0.4) is 0 Å². The van der Waals surface area contributed by atoms with Gasteiger partial charge in [0.25, 0.3) is 11.7 Å². The normalized spacial score (nSPS) is 28.7. The van der Waals surface area contributed by atoms with Crippen LogP contribution in [0.1, 0.15) is 81.3 Å². The lowest BCUT2D eigenvalue weighted by Crippen LogP contribution is -2.46. The molecule has 5 bridgehead atoms. The minimum absolute atomic E-state index is 0.0559. The van der Waals surface area contributed by atoms with Crippen molar-refractivity contribution in [3.05, 3.63) is 124 Å². The summed E-state index contributed by atoms with van der Waals surface area (Å²) in [6.07, 6.45) is 12.1. The Balaban J connectivity index is 0.000000356. The van der Waals surface area contributed by atoms with Gasteiger partial charge in [0.15, 0.2) is 11.5 Å². The van der Waals surface area contributed by atoms with Crippen LogP contribution in [-0.4, -0.2) is 171 Å². The van der Waals surface area contributed by atoms with E-state index < -0.39 is 88.8 Å². The fourth-order valence-corrected chi connectivity index (χ4v) is 10.4. The van der Waals surface area contributed by atoms with Crippen molar-refractivity contribution in [3.63, 3.8) is 0 Å². The van der Waals surface area contributed by atoms with Gasteiger partial charge >= 0.3 is 11.8 Å². The van der Waals surface area contributed by atoms with E-state index in [-0.39, 0.29) is 50.3 Å². The molecule has 0 radical (unpaired) electrons. The molecule has 0 saturated carbocycles. The molecule has 7 heterocycles. The van der Waals surface area contributed by atoms with Crippen LogP contribution in [0.15, 0.2) is 101 Å². The van der Waals surface area contributed by atoms with Crippen molar-refractivity contribution >= 4 is 58.3 Å². The molecule has 81 heavy (non-hydrogen) atoms.